The van der Waals surface area contributed by atoms with Crippen LogP contribution in [0.3, 0.4) is 0 Å². The highest BCUT2D eigenvalue weighted by Crippen LogP contribution is 2.39. The molecule has 8 nitrogen and oxygen atoms in total. The summed E-state index contributed by atoms with van der Waals surface area (Å²) in [6, 6.07) is 14.6. The second-order valence-electron chi connectivity index (χ2n) is 11.8. The number of piperidine rings is 1. The Labute approximate surface area is 238 Å². The molecule has 5 rings (SSSR count). The Bertz CT molecular complexity index is 1220. The summed E-state index contributed by atoms with van der Waals surface area (Å²) in [6.07, 6.45) is 9.37. The lowest BCUT2D eigenvalue weighted by atomic mass is 9.73. The molecule has 0 unspecified atom stereocenters. The van der Waals surface area contributed by atoms with Crippen molar-refractivity contribution in [3.05, 3.63) is 71.6 Å². The van der Waals surface area contributed by atoms with E-state index in [1.165, 1.54) is 18.4 Å². The van der Waals surface area contributed by atoms with Crippen LogP contribution < -0.4 is 4.74 Å². The lowest BCUT2D eigenvalue weighted by Crippen LogP contribution is -2.48. The number of carbonyl (C=O) groups excluding carboxylic acids is 1. The number of fused-ring (bicyclic) bond motifs is 1. The maximum Gasteiger partial charge on any atom is 0.227 e. The molecule has 2 aliphatic rings. The topological polar surface area (TPSA) is 84.6 Å². The summed E-state index contributed by atoms with van der Waals surface area (Å²) in [5.74, 6) is 2.68. The third kappa shape index (κ3) is 7.47. The molecule has 1 amide bonds. The largest absolute Gasteiger partial charge is 0.492 e. The molecule has 2 aliphatic heterocycles. The third-order valence-corrected chi connectivity index (χ3v) is 8.44. The van der Waals surface area contributed by atoms with E-state index in [0.717, 1.165) is 69.9 Å². The fourth-order valence-electron chi connectivity index (χ4n) is 6.05. The number of ether oxygens (including phenoxy) is 1. The Morgan fingerprint density at radius 2 is 1.85 bits per heavy atom. The molecule has 1 fully saturated rings. The number of likely N-dealkylation sites (tertiary alicyclic amines) is 1. The van der Waals surface area contributed by atoms with Gasteiger partial charge in [0.1, 0.15) is 12.4 Å². The minimum atomic E-state index is 0.183. The van der Waals surface area contributed by atoms with Crippen molar-refractivity contribution in [2.45, 2.75) is 77.7 Å². The van der Waals surface area contributed by atoms with E-state index in [1.807, 2.05) is 31.0 Å². The second kappa shape index (κ2) is 13.4. The van der Waals surface area contributed by atoms with E-state index in [1.54, 1.807) is 0 Å². The molecule has 0 atom stereocenters. The number of hydrogen-bond donors (Lipinski definition) is 0. The Hall–Kier alpha value is -3.26. The molecule has 8 heteroatoms. The summed E-state index contributed by atoms with van der Waals surface area (Å²) < 4.78 is 11.6. The average Bonchev–Trinajstić information content (AvgIpc) is 3.45. The van der Waals surface area contributed by atoms with Crippen molar-refractivity contribution in [2.24, 2.45) is 5.41 Å². The van der Waals surface area contributed by atoms with Crippen molar-refractivity contribution < 1.29 is 14.1 Å². The molecule has 0 aliphatic carbocycles. The minimum absolute atomic E-state index is 0.183. The molecule has 4 heterocycles. The zero-order valence-corrected chi connectivity index (χ0v) is 24.1. The van der Waals surface area contributed by atoms with Gasteiger partial charge in [0, 0.05) is 57.7 Å². The van der Waals surface area contributed by atoms with Crippen LogP contribution in [0.4, 0.5) is 0 Å². The highest BCUT2D eigenvalue weighted by atomic mass is 16.5. The van der Waals surface area contributed by atoms with Crippen molar-refractivity contribution in [2.75, 3.05) is 32.8 Å². The van der Waals surface area contributed by atoms with Gasteiger partial charge in [0.05, 0.1) is 5.69 Å². The molecule has 0 N–H and O–H groups in total. The quantitative estimate of drug-likeness (QED) is 0.408. The van der Waals surface area contributed by atoms with E-state index in [0.29, 0.717) is 31.2 Å². The minimum Gasteiger partial charge on any atom is -0.492 e. The Kier molecular flexibility index (Phi) is 9.47. The van der Waals surface area contributed by atoms with Gasteiger partial charge in [-0.2, -0.15) is 4.98 Å². The van der Waals surface area contributed by atoms with Gasteiger partial charge in [-0.3, -0.25) is 14.7 Å². The van der Waals surface area contributed by atoms with E-state index in [-0.39, 0.29) is 17.2 Å². The van der Waals surface area contributed by atoms with Crippen molar-refractivity contribution >= 4 is 5.91 Å². The number of carbonyl (C=O) groups is 1. The first-order valence-corrected chi connectivity index (χ1v) is 14.9. The van der Waals surface area contributed by atoms with Crippen LogP contribution in [0.1, 0.15) is 81.3 Å². The van der Waals surface area contributed by atoms with Gasteiger partial charge in [-0.1, -0.05) is 49.7 Å². The molecule has 2 aromatic heterocycles. The van der Waals surface area contributed by atoms with Crippen molar-refractivity contribution in [1.82, 2.24) is 24.9 Å². The lowest BCUT2D eigenvalue weighted by Gasteiger charge is -2.45. The van der Waals surface area contributed by atoms with Crippen LogP contribution >= 0.6 is 0 Å². The van der Waals surface area contributed by atoms with E-state index in [2.05, 4.69) is 56.4 Å². The summed E-state index contributed by atoms with van der Waals surface area (Å²) in [4.78, 5) is 26.7. The zero-order chi connectivity index (χ0) is 27.8. The van der Waals surface area contributed by atoms with Gasteiger partial charge in [-0.05, 0) is 61.3 Å². The van der Waals surface area contributed by atoms with Crippen LogP contribution in [-0.4, -0.2) is 63.6 Å². The first kappa shape index (κ1) is 28.3. The molecule has 1 saturated heterocycles. The number of amides is 1. The van der Waals surface area contributed by atoms with Crippen molar-refractivity contribution in [1.29, 1.82) is 0 Å². The monoisotopic (exact) mass is 545 g/mol. The second-order valence-corrected chi connectivity index (χ2v) is 11.8. The highest BCUT2D eigenvalue weighted by Gasteiger charge is 2.37. The zero-order valence-electron chi connectivity index (χ0n) is 24.1. The van der Waals surface area contributed by atoms with Gasteiger partial charge in [0.2, 0.25) is 11.8 Å². The molecular formula is C32H43N5O3. The van der Waals surface area contributed by atoms with E-state index in [4.69, 9.17) is 9.26 Å². The van der Waals surface area contributed by atoms with E-state index >= 15 is 0 Å². The van der Waals surface area contributed by atoms with Crippen molar-refractivity contribution in [3.63, 3.8) is 0 Å². The Balaban J connectivity index is 1.24. The summed E-state index contributed by atoms with van der Waals surface area (Å²) in [5, 5.41) is 4.03. The van der Waals surface area contributed by atoms with Crippen LogP contribution in [0.15, 0.2) is 53.2 Å². The van der Waals surface area contributed by atoms with Gasteiger partial charge < -0.3 is 14.2 Å². The number of para-hydroxylation sites is 1. The van der Waals surface area contributed by atoms with E-state index in [9.17, 15) is 4.79 Å². The van der Waals surface area contributed by atoms with Gasteiger partial charge in [-0.25, -0.2) is 0 Å². The Morgan fingerprint density at radius 3 is 2.62 bits per heavy atom. The fraction of sp³-hybridized carbons (Fsp3) is 0.562. The molecule has 1 spiro atoms. The molecule has 3 aromatic rings. The van der Waals surface area contributed by atoms with Crippen LogP contribution in [0, 0.1) is 5.41 Å². The summed E-state index contributed by atoms with van der Waals surface area (Å²) >= 11 is 0. The number of nitrogens with zero attached hydrogens (tertiary/aromatic N) is 5. The maximum absolute atomic E-state index is 13.1. The number of hydrogen-bond acceptors (Lipinski definition) is 7. The highest BCUT2D eigenvalue weighted by molar-refractivity contribution is 5.76. The molecule has 214 valence electrons. The molecule has 0 bridgehead atoms. The standard InChI is InChI=1S/C32H43N5O3/c1-25(2)31-34-29(40-35-31)13-14-30(38)37-19-16-32(17-20-37)15-7-5-10-26-9-3-4-12-28(26)39-22-21-36(24-32)23-27-11-6-8-18-33-27/h3-4,6,8-9,11-12,18,25H,5,7,10,13-17,19-24H2,1-2H3. The molecule has 40 heavy (non-hydrogen) atoms. The number of aryl methyl sites for hydroxylation is 2. The fourth-order valence-corrected chi connectivity index (χ4v) is 6.05. The molecule has 0 radical (unpaired) electrons. The molecular weight excluding hydrogens is 502 g/mol. The van der Waals surface area contributed by atoms with Gasteiger partial charge in [-0.15, -0.1) is 0 Å². The number of pyridine rings is 1. The maximum atomic E-state index is 13.1. The first-order chi connectivity index (χ1) is 19.5. The van der Waals surface area contributed by atoms with E-state index < -0.39 is 0 Å². The van der Waals surface area contributed by atoms with Crippen LogP contribution in [-0.2, 0) is 24.2 Å². The normalized spacial score (nSPS) is 18.5. The number of benzene rings is 1. The smallest absolute Gasteiger partial charge is 0.227 e. The summed E-state index contributed by atoms with van der Waals surface area (Å²) in [7, 11) is 0. The van der Waals surface area contributed by atoms with Crippen molar-refractivity contribution in [3.8, 4) is 5.75 Å². The van der Waals surface area contributed by atoms with Gasteiger partial charge >= 0.3 is 0 Å². The van der Waals surface area contributed by atoms with Crippen LogP contribution in [0.2, 0.25) is 0 Å². The SMILES string of the molecule is CC(C)c1noc(CCC(=O)N2CCC3(CCCCc4ccccc4OCCN(Cc4ccccn4)C3)CC2)n1. The number of aromatic nitrogens is 3. The third-order valence-electron chi connectivity index (χ3n) is 8.44. The molecule has 0 saturated carbocycles. The average molecular weight is 546 g/mol. The van der Waals surface area contributed by atoms with Crippen LogP contribution in [0.5, 0.6) is 5.75 Å². The van der Waals surface area contributed by atoms with Gasteiger partial charge in [0.15, 0.2) is 5.82 Å². The number of rotatable bonds is 6. The summed E-state index contributed by atoms with van der Waals surface area (Å²) in [5.41, 5.74) is 2.57. The lowest BCUT2D eigenvalue weighted by molar-refractivity contribution is -0.134. The predicted molar refractivity (Wildman–Crippen MR) is 154 cm³/mol. The Morgan fingerprint density at radius 1 is 1.02 bits per heavy atom. The summed E-state index contributed by atoms with van der Waals surface area (Å²) in [6.45, 7) is 8.98. The first-order valence-electron chi connectivity index (χ1n) is 14.9. The van der Waals surface area contributed by atoms with Crippen LogP contribution in [0.25, 0.3) is 0 Å². The predicted octanol–water partition coefficient (Wildman–Crippen LogP) is 5.44. The van der Waals surface area contributed by atoms with Gasteiger partial charge in [0.25, 0.3) is 0 Å². The molecule has 1 aromatic carbocycles.